The molecule has 1 aromatic rings. The number of ether oxygens (including phenoxy) is 2. The van der Waals surface area contributed by atoms with Crippen LogP contribution in [-0.4, -0.2) is 19.2 Å². The average molecular weight is 204 g/mol. The summed E-state index contributed by atoms with van der Waals surface area (Å²) in [6.07, 6.45) is -1.53. The normalized spacial score (nSPS) is 10.4. The fourth-order valence-corrected chi connectivity index (χ4v) is 1.09. The Kier molecular flexibility index (Phi) is 3.06. The molecule has 0 aliphatic heterocycles. The Morgan fingerprint density at radius 2 is 2.00 bits per heavy atom. The quantitative estimate of drug-likeness (QED) is 0.812. The third-order valence-electron chi connectivity index (χ3n) is 1.67. The number of pyridine rings is 1. The third-order valence-corrected chi connectivity index (χ3v) is 1.67. The Morgan fingerprint density at radius 1 is 1.36 bits per heavy atom. The van der Waals surface area contributed by atoms with Gasteiger partial charge in [-0.25, -0.2) is 13.8 Å². The summed E-state index contributed by atoms with van der Waals surface area (Å²) in [6.45, 7) is 0. The van der Waals surface area contributed by atoms with Gasteiger partial charge in [0.15, 0.2) is 5.75 Å². The number of methoxy groups -OCH3 is 2. The number of aromatic nitrogens is 1. The molecule has 0 unspecified atom stereocenters. The summed E-state index contributed by atoms with van der Waals surface area (Å²) in [7, 11) is 2.51. The van der Waals surface area contributed by atoms with E-state index < -0.39 is 12.0 Å². The van der Waals surface area contributed by atoms with E-state index in [0.717, 1.165) is 0 Å². The zero-order valence-corrected chi connectivity index (χ0v) is 7.75. The van der Waals surface area contributed by atoms with Crippen molar-refractivity contribution in [2.75, 3.05) is 20.0 Å². The predicted molar refractivity (Wildman–Crippen MR) is 46.7 cm³/mol. The van der Waals surface area contributed by atoms with E-state index in [1.807, 2.05) is 0 Å². The Hall–Kier alpha value is -1.59. The molecule has 2 N–H and O–H groups in total. The van der Waals surface area contributed by atoms with Crippen LogP contribution in [0.2, 0.25) is 0 Å². The fraction of sp³-hybridized carbons (Fsp3) is 0.375. The van der Waals surface area contributed by atoms with Crippen LogP contribution in [0.5, 0.6) is 11.6 Å². The fourth-order valence-electron chi connectivity index (χ4n) is 1.09. The molecule has 0 amide bonds. The second kappa shape index (κ2) is 4.08. The van der Waals surface area contributed by atoms with Gasteiger partial charge in [0, 0.05) is 0 Å². The first-order valence-corrected chi connectivity index (χ1v) is 3.76. The molecule has 0 aliphatic carbocycles. The van der Waals surface area contributed by atoms with Gasteiger partial charge in [-0.2, -0.15) is 0 Å². The van der Waals surface area contributed by atoms with Crippen molar-refractivity contribution in [2.45, 2.75) is 6.43 Å². The molecule has 1 rings (SSSR count). The van der Waals surface area contributed by atoms with Gasteiger partial charge in [-0.3, -0.25) is 0 Å². The van der Waals surface area contributed by atoms with E-state index in [0.29, 0.717) is 0 Å². The lowest BCUT2D eigenvalue weighted by Gasteiger charge is -2.12. The van der Waals surface area contributed by atoms with Gasteiger partial charge in [0.1, 0.15) is 5.56 Å². The second-order valence-corrected chi connectivity index (χ2v) is 2.47. The van der Waals surface area contributed by atoms with Crippen molar-refractivity contribution in [2.24, 2.45) is 0 Å². The van der Waals surface area contributed by atoms with Crippen molar-refractivity contribution in [3.8, 4) is 11.6 Å². The molecule has 0 saturated heterocycles. The predicted octanol–water partition coefficient (Wildman–Crippen LogP) is 1.62. The van der Waals surface area contributed by atoms with E-state index in [9.17, 15) is 8.78 Å². The maximum absolute atomic E-state index is 12.6. The highest BCUT2D eigenvalue weighted by Crippen LogP contribution is 2.38. The smallest absolute Gasteiger partial charge is 0.272 e. The average Bonchev–Trinajstić information content (AvgIpc) is 2.17. The van der Waals surface area contributed by atoms with Crippen LogP contribution in [-0.2, 0) is 0 Å². The summed E-state index contributed by atoms with van der Waals surface area (Å²) in [5, 5.41) is 0. The van der Waals surface area contributed by atoms with Crippen LogP contribution in [0, 0.1) is 0 Å². The zero-order chi connectivity index (χ0) is 10.7. The van der Waals surface area contributed by atoms with Crippen LogP contribution in [0.1, 0.15) is 12.0 Å². The van der Waals surface area contributed by atoms with Crippen LogP contribution in [0.25, 0.3) is 0 Å². The number of hydrogen-bond donors (Lipinski definition) is 1. The Balaban J connectivity index is 3.36. The van der Waals surface area contributed by atoms with Gasteiger partial charge in [0.25, 0.3) is 6.43 Å². The van der Waals surface area contributed by atoms with Gasteiger partial charge in [-0.05, 0) is 0 Å². The van der Waals surface area contributed by atoms with Crippen molar-refractivity contribution in [1.82, 2.24) is 4.98 Å². The molecule has 1 aromatic heterocycles. The van der Waals surface area contributed by atoms with Crippen LogP contribution in [0.4, 0.5) is 14.5 Å². The van der Waals surface area contributed by atoms with Gasteiger partial charge in [0.2, 0.25) is 5.88 Å². The Morgan fingerprint density at radius 3 is 2.43 bits per heavy atom. The number of nitrogens with two attached hydrogens (primary N) is 1. The highest BCUT2D eigenvalue weighted by atomic mass is 19.3. The topological polar surface area (TPSA) is 57.4 Å². The van der Waals surface area contributed by atoms with Crippen LogP contribution < -0.4 is 15.2 Å². The van der Waals surface area contributed by atoms with E-state index in [1.165, 1.54) is 20.4 Å². The molecule has 14 heavy (non-hydrogen) atoms. The number of hydrogen-bond acceptors (Lipinski definition) is 4. The summed E-state index contributed by atoms with van der Waals surface area (Å²) in [4.78, 5) is 3.62. The Labute approximate surface area is 79.6 Å². The molecule has 0 spiro atoms. The van der Waals surface area contributed by atoms with Crippen LogP contribution in [0.15, 0.2) is 6.20 Å². The molecule has 0 aromatic carbocycles. The SMILES string of the molecule is COc1ncc(N)c(OC)c1C(F)F. The minimum atomic E-state index is -2.74. The van der Waals surface area contributed by atoms with E-state index in [2.05, 4.69) is 9.72 Å². The van der Waals surface area contributed by atoms with Crippen LogP contribution >= 0.6 is 0 Å². The summed E-state index contributed by atoms with van der Waals surface area (Å²) in [6, 6.07) is 0. The third kappa shape index (κ3) is 1.68. The molecule has 1 heterocycles. The molecule has 0 fully saturated rings. The van der Waals surface area contributed by atoms with Gasteiger partial charge < -0.3 is 15.2 Å². The number of nitrogen functional groups attached to an aromatic ring is 1. The zero-order valence-electron chi connectivity index (χ0n) is 7.75. The van der Waals surface area contributed by atoms with Gasteiger partial charge >= 0.3 is 0 Å². The second-order valence-electron chi connectivity index (χ2n) is 2.47. The Bertz CT molecular complexity index is 331. The van der Waals surface area contributed by atoms with Gasteiger partial charge in [-0.15, -0.1) is 0 Å². The number of nitrogens with zero attached hydrogens (tertiary/aromatic N) is 1. The summed E-state index contributed by atoms with van der Waals surface area (Å²) in [5.41, 5.74) is 5.05. The van der Waals surface area contributed by atoms with Gasteiger partial charge in [0.05, 0.1) is 26.1 Å². The van der Waals surface area contributed by atoms with Crippen LogP contribution in [0.3, 0.4) is 0 Å². The number of halogens is 2. The molecule has 78 valence electrons. The first-order valence-electron chi connectivity index (χ1n) is 3.76. The maximum atomic E-state index is 12.6. The first-order chi connectivity index (χ1) is 6.61. The van der Waals surface area contributed by atoms with E-state index in [1.54, 1.807) is 0 Å². The molecule has 4 nitrogen and oxygen atoms in total. The van der Waals surface area contributed by atoms with Crippen molar-refractivity contribution in [3.63, 3.8) is 0 Å². The van der Waals surface area contributed by atoms with Crippen molar-refractivity contribution < 1.29 is 18.3 Å². The number of anilines is 1. The highest BCUT2D eigenvalue weighted by molar-refractivity contribution is 5.58. The molecular weight excluding hydrogens is 194 g/mol. The number of alkyl halides is 2. The lowest BCUT2D eigenvalue weighted by molar-refractivity contribution is 0.141. The molecular formula is C8H10F2N2O2. The molecule has 6 heteroatoms. The lowest BCUT2D eigenvalue weighted by Crippen LogP contribution is -2.03. The minimum absolute atomic E-state index is 0.0589. The van der Waals surface area contributed by atoms with Crippen molar-refractivity contribution in [1.29, 1.82) is 0 Å². The standard InChI is InChI=1S/C8H10F2N2O2/c1-13-6-4(11)3-12-8(14-2)5(6)7(9)10/h3,7H,11H2,1-2H3. The molecule has 0 bridgehead atoms. The molecule has 0 atom stereocenters. The summed E-state index contributed by atoms with van der Waals surface area (Å²) >= 11 is 0. The largest absolute Gasteiger partial charge is 0.494 e. The van der Waals surface area contributed by atoms with Gasteiger partial charge in [-0.1, -0.05) is 0 Å². The van der Waals surface area contributed by atoms with Crippen molar-refractivity contribution in [3.05, 3.63) is 11.8 Å². The highest BCUT2D eigenvalue weighted by Gasteiger charge is 2.23. The molecule has 0 radical (unpaired) electrons. The van der Waals surface area contributed by atoms with E-state index in [4.69, 9.17) is 10.5 Å². The monoisotopic (exact) mass is 204 g/mol. The maximum Gasteiger partial charge on any atom is 0.272 e. The minimum Gasteiger partial charge on any atom is -0.494 e. The van der Waals surface area contributed by atoms with Crippen molar-refractivity contribution >= 4 is 5.69 Å². The summed E-state index contributed by atoms with van der Waals surface area (Å²) < 4.78 is 34.6. The van der Waals surface area contributed by atoms with E-state index in [-0.39, 0.29) is 17.3 Å². The molecule has 0 aliphatic rings. The number of rotatable bonds is 3. The molecule has 0 saturated carbocycles. The summed E-state index contributed by atoms with van der Waals surface area (Å²) in [5.74, 6) is -0.266. The van der Waals surface area contributed by atoms with E-state index >= 15 is 0 Å². The first kappa shape index (κ1) is 10.5. The lowest BCUT2D eigenvalue weighted by atomic mass is 10.2.